The number of nitrogens with two attached hydrogens (primary N) is 2. The van der Waals surface area contributed by atoms with Crippen LogP contribution >= 0.6 is 0 Å². The van der Waals surface area contributed by atoms with Crippen LogP contribution in [0, 0.1) is 0 Å². The van der Waals surface area contributed by atoms with Gasteiger partial charge in [0.05, 0.1) is 12.2 Å². The molecule has 29 heavy (non-hydrogen) atoms. The molecule has 2 heterocycles. The molecular weight excluding hydrogens is 382 g/mol. The largest absolute Gasteiger partial charge is 0.391 e. The molecule has 0 aromatic rings. The Morgan fingerprint density at radius 3 is 2.03 bits per heavy atom. The van der Waals surface area contributed by atoms with E-state index in [-0.39, 0.29) is 5.91 Å². The summed E-state index contributed by atoms with van der Waals surface area (Å²) in [6.07, 6.45) is -0.170. The van der Waals surface area contributed by atoms with Crippen molar-refractivity contribution in [3.63, 3.8) is 0 Å². The molecule has 0 radical (unpaired) electrons. The number of hydrogen-bond donors (Lipinski definition) is 5. The number of rotatable bonds is 7. The Balaban J connectivity index is 2.11. The molecule has 7 N–H and O–H groups in total. The maximum Gasteiger partial charge on any atom is 0.246 e. The van der Waals surface area contributed by atoms with Crippen molar-refractivity contribution >= 4 is 23.6 Å². The minimum Gasteiger partial charge on any atom is -0.391 e. The normalized spacial score (nSPS) is 26.0. The summed E-state index contributed by atoms with van der Waals surface area (Å²) < 4.78 is 0. The minimum absolute atomic E-state index is 0.341. The first kappa shape index (κ1) is 23.0. The van der Waals surface area contributed by atoms with Gasteiger partial charge in [0.2, 0.25) is 23.6 Å². The molecular formula is C18H31N5O6. The van der Waals surface area contributed by atoms with Gasteiger partial charge in [-0.05, 0) is 39.5 Å². The van der Waals surface area contributed by atoms with Crippen LogP contribution in [-0.2, 0) is 19.2 Å². The van der Waals surface area contributed by atoms with Crippen molar-refractivity contribution in [1.29, 1.82) is 0 Å². The van der Waals surface area contributed by atoms with Gasteiger partial charge in [0.1, 0.15) is 24.2 Å². The van der Waals surface area contributed by atoms with Gasteiger partial charge in [0.25, 0.3) is 0 Å². The average molecular weight is 413 g/mol. The summed E-state index contributed by atoms with van der Waals surface area (Å²) in [7, 11) is 0. The molecule has 0 spiro atoms. The zero-order valence-corrected chi connectivity index (χ0v) is 16.8. The lowest BCUT2D eigenvalue weighted by Crippen LogP contribution is -2.58. The average Bonchev–Trinajstić information content (AvgIpc) is 3.32. The molecule has 2 rings (SSSR count). The molecule has 4 amide bonds. The van der Waals surface area contributed by atoms with E-state index in [9.17, 15) is 29.4 Å². The summed E-state index contributed by atoms with van der Waals surface area (Å²) >= 11 is 0. The summed E-state index contributed by atoms with van der Waals surface area (Å²) in [4.78, 5) is 52.5. The van der Waals surface area contributed by atoms with Crippen LogP contribution < -0.4 is 16.8 Å². The molecule has 11 nitrogen and oxygen atoms in total. The van der Waals surface area contributed by atoms with Gasteiger partial charge in [-0.3, -0.25) is 19.2 Å². The number of nitrogens with one attached hydrogen (secondary N) is 1. The van der Waals surface area contributed by atoms with Crippen molar-refractivity contribution in [1.82, 2.24) is 15.1 Å². The van der Waals surface area contributed by atoms with Crippen LogP contribution in [0.5, 0.6) is 0 Å². The van der Waals surface area contributed by atoms with Gasteiger partial charge in [0, 0.05) is 13.1 Å². The first-order chi connectivity index (χ1) is 13.6. The van der Waals surface area contributed by atoms with E-state index in [2.05, 4.69) is 5.32 Å². The number of likely N-dealkylation sites (tertiary alicyclic amines) is 2. The lowest BCUT2D eigenvalue weighted by molar-refractivity contribution is -0.148. The van der Waals surface area contributed by atoms with Crippen LogP contribution in [0.25, 0.3) is 0 Å². The third-order valence-electron chi connectivity index (χ3n) is 5.55. The van der Waals surface area contributed by atoms with Crippen LogP contribution in [0.2, 0.25) is 0 Å². The van der Waals surface area contributed by atoms with E-state index < -0.39 is 54.1 Å². The molecule has 2 saturated heterocycles. The van der Waals surface area contributed by atoms with Gasteiger partial charge >= 0.3 is 0 Å². The molecule has 2 aliphatic heterocycles. The molecule has 0 bridgehead atoms. The molecule has 11 heteroatoms. The van der Waals surface area contributed by atoms with Gasteiger partial charge in [-0.15, -0.1) is 0 Å². The minimum atomic E-state index is -1.26. The van der Waals surface area contributed by atoms with Crippen molar-refractivity contribution in [3.8, 4) is 0 Å². The van der Waals surface area contributed by atoms with Crippen molar-refractivity contribution < 1.29 is 29.4 Å². The Hall–Kier alpha value is -2.24. The maximum atomic E-state index is 13.1. The predicted octanol–water partition coefficient (Wildman–Crippen LogP) is -2.97. The van der Waals surface area contributed by atoms with Gasteiger partial charge in [-0.2, -0.15) is 0 Å². The number of primary amides is 1. The zero-order valence-electron chi connectivity index (χ0n) is 16.8. The standard InChI is InChI=1S/C18H31N5O6/c1-9(24)13(19)18(29)23-8-4-6-12(23)17(28)22-7-3-5-11(22)16(27)21-14(10(2)25)15(20)26/h9-14,24-25H,3-8,19H2,1-2H3,(H2,20,26)(H,21,27)/t9?,10-,11-,12-,13+,14+/m1/s1. The topological polar surface area (TPSA) is 179 Å². The molecule has 164 valence electrons. The van der Waals surface area contributed by atoms with Crippen molar-refractivity contribution in [2.24, 2.45) is 11.5 Å². The predicted molar refractivity (Wildman–Crippen MR) is 102 cm³/mol. The fourth-order valence-electron chi connectivity index (χ4n) is 3.86. The number of amides is 4. The Kier molecular flexibility index (Phi) is 7.55. The van der Waals surface area contributed by atoms with E-state index in [1.165, 1.54) is 23.6 Å². The summed E-state index contributed by atoms with van der Waals surface area (Å²) in [5.41, 5.74) is 11.0. The molecule has 0 aromatic carbocycles. The van der Waals surface area contributed by atoms with Crippen LogP contribution in [0.1, 0.15) is 39.5 Å². The second kappa shape index (κ2) is 9.51. The molecule has 2 aliphatic rings. The summed E-state index contributed by atoms with van der Waals surface area (Å²) in [5, 5.41) is 21.6. The van der Waals surface area contributed by atoms with Crippen molar-refractivity contribution in [3.05, 3.63) is 0 Å². The Morgan fingerprint density at radius 1 is 0.966 bits per heavy atom. The molecule has 2 fully saturated rings. The van der Waals surface area contributed by atoms with E-state index in [1.54, 1.807) is 0 Å². The van der Waals surface area contributed by atoms with Gasteiger partial charge in [0.15, 0.2) is 0 Å². The van der Waals surface area contributed by atoms with E-state index >= 15 is 0 Å². The third-order valence-corrected chi connectivity index (χ3v) is 5.55. The number of nitrogens with zero attached hydrogens (tertiary/aromatic N) is 2. The maximum absolute atomic E-state index is 13.1. The Morgan fingerprint density at radius 2 is 1.52 bits per heavy atom. The molecule has 6 atom stereocenters. The third kappa shape index (κ3) is 5.03. The van der Waals surface area contributed by atoms with Gasteiger partial charge < -0.3 is 36.8 Å². The highest BCUT2D eigenvalue weighted by Crippen LogP contribution is 2.25. The molecule has 1 unspecified atom stereocenters. The molecule has 0 aromatic heterocycles. The summed E-state index contributed by atoms with van der Waals surface area (Å²) in [6, 6.07) is -3.94. The molecule has 0 aliphatic carbocycles. The number of carbonyl (C=O) groups is 4. The van der Waals surface area contributed by atoms with E-state index in [1.807, 2.05) is 0 Å². The highest BCUT2D eigenvalue weighted by molar-refractivity contribution is 5.95. The fourth-order valence-corrected chi connectivity index (χ4v) is 3.86. The highest BCUT2D eigenvalue weighted by atomic mass is 16.3. The highest BCUT2D eigenvalue weighted by Gasteiger charge is 2.43. The van der Waals surface area contributed by atoms with Gasteiger partial charge in [-0.25, -0.2) is 0 Å². The second-order valence-electron chi connectivity index (χ2n) is 7.77. The second-order valence-corrected chi connectivity index (χ2v) is 7.77. The van der Waals surface area contributed by atoms with Crippen molar-refractivity contribution in [2.45, 2.75) is 75.9 Å². The first-order valence-electron chi connectivity index (χ1n) is 9.88. The van der Waals surface area contributed by atoms with E-state index in [4.69, 9.17) is 11.5 Å². The number of hydrogen-bond acceptors (Lipinski definition) is 7. The Labute approximate surface area is 169 Å². The van der Waals surface area contributed by atoms with Crippen LogP contribution in [0.15, 0.2) is 0 Å². The quantitative estimate of drug-likeness (QED) is 0.295. The van der Waals surface area contributed by atoms with Crippen LogP contribution in [0.4, 0.5) is 0 Å². The van der Waals surface area contributed by atoms with Crippen molar-refractivity contribution in [2.75, 3.05) is 13.1 Å². The van der Waals surface area contributed by atoms with Gasteiger partial charge in [-0.1, -0.05) is 0 Å². The first-order valence-corrected chi connectivity index (χ1v) is 9.88. The number of aliphatic hydroxyl groups excluding tert-OH is 2. The Bertz CT molecular complexity index is 655. The lowest BCUT2D eigenvalue weighted by Gasteiger charge is -2.33. The SMILES string of the molecule is CC(O)[C@H](N)C(=O)N1CCC[C@@H]1C(=O)N1CCC[C@@H]1C(=O)N[C@H](C(N)=O)[C@@H](C)O. The van der Waals surface area contributed by atoms with E-state index in [0.29, 0.717) is 38.8 Å². The monoisotopic (exact) mass is 413 g/mol. The van der Waals surface area contributed by atoms with Crippen LogP contribution in [0.3, 0.4) is 0 Å². The molecule has 0 saturated carbocycles. The van der Waals surface area contributed by atoms with Crippen LogP contribution in [-0.4, -0.2) is 93.1 Å². The van der Waals surface area contributed by atoms with E-state index in [0.717, 1.165) is 0 Å². The number of aliphatic hydroxyl groups is 2. The lowest BCUT2D eigenvalue weighted by atomic mass is 10.1. The summed E-state index contributed by atoms with van der Waals surface area (Å²) in [6.45, 7) is 3.44. The summed E-state index contributed by atoms with van der Waals surface area (Å²) in [5.74, 6) is -2.31. The smallest absolute Gasteiger partial charge is 0.246 e. The number of carbonyl (C=O) groups excluding carboxylic acids is 4. The zero-order chi connectivity index (χ0) is 21.9. The fraction of sp³-hybridized carbons (Fsp3) is 0.778.